The molecule has 0 aliphatic carbocycles. The molecule has 0 aromatic carbocycles. The van der Waals surface area contributed by atoms with Gasteiger partial charge in [0.05, 0.1) is 0 Å². The first-order valence-corrected chi connectivity index (χ1v) is 5.44. The number of urea groups is 1. The maximum atomic E-state index is 11.8. The molecule has 0 rings (SSSR count). The van der Waals surface area contributed by atoms with Crippen LogP contribution < -0.4 is 5.32 Å². The summed E-state index contributed by atoms with van der Waals surface area (Å²) in [5.41, 5.74) is 0. The Bertz CT molecular complexity index is 290. The second-order valence-electron chi connectivity index (χ2n) is 3.99. The van der Waals surface area contributed by atoms with Crippen LogP contribution in [0.15, 0.2) is 25.3 Å². The molecule has 2 N–H and O–H groups in total. The van der Waals surface area contributed by atoms with Gasteiger partial charge in [-0.3, -0.25) is 0 Å². The van der Waals surface area contributed by atoms with Gasteiger partial charge in [-0.1, -0.05) is 26.0 Å². The van der Waals surface area contributed by atoms with E-state index in [0.29, 0.717) is 13.1 Å². The number of carboxylic acids is 1. The van der Waals surface area contributed by atoms with E-state index in [9.17, 15) is 9.59 Å². The highest BCUT2D eigenvalue weighted by molar-refractivity contribution is 5.82. The smallest absolute Gasteiger partial charge is 0.326 e. The maximum Gasteiger partial charge on any atom is 0.326 e. The Labute approximate surface area is 102 Å². The summed E-state index contributed by atoms with van der Waals surface area (Å²) in [7, 11) is 0. The van der Waals surface area contributed by atoms with E-state index in [2.05, 4.69) is 18.5 Å². The fourth-order valence-electron chi connectivity index (χ4n) is 1.29. The van der Waals surface area contributed by atoms with Gasteiger partial charge in [-0.25, -0.2) is 9.59 Å². The highest BCUT2D eigenvalue weighted by Gasteiger charge is 2.25. The van der Waals surface area contributed by atoms with Gasteiger partial charge in [-0.2, -0.15) is 0 Å². The van der Waals surface area contributed by atoms with E-state index >= 15 is 0 Å². The second kappa shape index (κ2) is 7.49. The number of nitrogens with zero attached hydrogens (tertiary/aromatic N) is 1. The number of carbonyl (C=O) groups is 2. The molecule has 1 atom stereocenters. The number of hydrogen-bond acceptors (Lipinski definition) is 2. The zero-order valence-corrected chi connectivity index (χ0v) is 10.3. The molecule has 0 bridgehead atoms. The van der Waals surface area contributed by atoms with Crippen LogP contribution in [0, 0.1) is 5.92 Å². The fraction of sp³-hybridized carbons (Fsp3) is 0.500. The van der Waals surface area contributed by atoms with Crippen molar-refractivity contribution in [2.75, 3.05) is 13.1 Å². The molecule has 0 aromatic heterocycles. The molecule has 0 aliphatic rings. The van der Waals surface area contributed by atoms with Crippen molar-refractivity contribution in [2.45, 2.75) is 19.9 Å². The summed E-state index contributed by atoms with van der Waals surface area (Å²) in [6.07, 6.45) is 3.16. The van der Waals surface area contributed by atoms with E-state index < -0.39 is 18.0 Å². The Kier molecular flexibility index (Phi) is 6.70. The predicted octanol–water partition coefficient (Wildman–Crippen LogP) is 1.48. The molecule has 0 radical (unpaired) electrons. The van der Waals surface area contributed by atoms with Crippen LogP contribution in [0.3, 0.4) is 0 Å². The molecule has 5 heteroatoms. The topological polar surface area (TPSA) is 69.6 Å². The number of amides is 2. The van der Waals surface area contributed by atoms with E-state index in [-0.39, 0.29) is 5.92 Å². The molecule has 0 aromatic rings. The van der Waals surface area contributed by atoms with Crippen molar-refractivity contribution < 1.29 is 14.7 Å². The van der Waals surface area contributed by atoms with Crippen molar-refractivity contribution in [2.24, 2.45) is 5.92 Å². The number of hydrogen-bond donors (Lipinski definition) is 2. The zero-order valence-electron chi connectivity index (χ0n) is 10.3. The van der Waals surface area contributed by atoms with Gasteiger partial charge in [0.15, 0.2) is 0 Å². The highest BCUT2D eigenvalue weighted by atomic mass is 16.4. The van der Waals surface area contributed by atoms with Crippen LogP contribution in [0.2, 0.25) is 0 Å². The largest absolute Gasteiger partial charge is 0.480 e. The van der Waals surface area contributed by atoms with Crippen molar-refractivity contribution in [3.8, 4) is 0 Å². The SMILES string of the molecule is C=CCN(CC=C)C(=O)N[C@H](C(=O)O)C(C)C. The summed E-state index contributed by atoms with van der Waals surface area (Å²) in [4.78, 5) is 24.2. The lowest BCUT2D eigenvalue weighted by Crippen LogP contribution is -2.50. The molecule has 0 spiro atoms. The lowest BCUT2D eigenvalue weighted by molar-refractivity contribution is -0.140. The van der Waals surface area contributed by atoms with Crippen LogP contribution in [0.5, 0.6) is 0 Å². The van der Waals surface area contributed by atoms with E-state index in [1.807, 2.05) is 0 Å². The lowest BCUT2D eigenvalue weighted by Gasteiger charge is -2.24. The quantitative estimate of drug-likeness (QED) is 0.662. The Hall–Kier alpha value is -1.78. The second-order valence-corrected chi connectivity index (χ2v) is 3.99. The molecule has 5 nitrogen and oxygen atoms in total. The minimum absolute atomic E-state index is 0.175. The van der Waals surface area contributed by atoms with Gasteiger partial charge in [-0.15, -0.1) is 13.2 Å². The normalized spacial score (nSPS) is 11.7. The van der Waals surface area contributed by atoms with Crippen LogP contribution in [-0.4, -0.2) is 41.1 Å². The number of carboxylic acid groups (broad SMARTS) is 1. The van der Waals surface area contributed by atoms with Crippen LogP contribution in [0.1, 0.15) is 13.8 Å². The number of aliphatic carboxylic acids is 1. The molecule has 0 saturated carbocycles. The van der Waals surface area contributed by atoms with Crippen molar-refractivity contribution in [3.05, 3.63) is 25.3 Å². The maximum absolute atomic E-state index is 11.8. The number of rotatable bonds is 7. The van der Waals surface area contributed by atoms with Gasteiger partial charge in [0.25, 0.3) is 0 Å². The van der Waals surface area contributed by atoms with Crippen molar-refractivity contribution >= 4 is 12.0 Å². The number of carbonyl (C=O) groups excluding carboxylic acids is 1. The van der Waals surface area contributed by atoms with Crippen molar-refractivity contribution in [1.29, 1.82) is 0 Å². The minimum atomic E-state index is -1.04. The molecule has 0 unspecified atom stereocenters. The molecule has 17 heavy (non-hydrogen) atoms. The fourth-order valence-corrected chi connectivity index (χ4v) is 1.29. The van der Waals surface area contributed by atoms with Gasteiger partial charge in [0.2, 0.25) is 0 Å². The first kappa shape index (κ1) is 15.2. The predicted molar refractivity (Wildman–Crippen MR) is 66.8 cm³/mol. The van der Waals surface area contributed by atoms with Crippen LogP contribution in [0.25, 0.3) is 0 Å². The van der Waals surface area contributed by atoms with E-state index in [4.69, 9.17) is 5.11 Å². The zero-order chi connectivity index (χ0) is 13.4. The summed E-state index contributed by atoms with van der Waals surface area (Å²) in [5.74, 6) is -1.21. The van der Waals surface area contributed by atoms with Gasteiger partial charge in [0, 0.05) is 13.1 Å². The average Bonchev–Trinajstić information content (AvgIpc) is 2.24. The van der Waals surface area contributed by atoms with Crippen molar-refractivity contribution in [3.63, 3.8) is 0 Å². The lowest BCUT2D eigenvalue weighted by atomic mass is 10.1. The molecule has 0 aliphatic heterocycles. The van der Waals surface area contributed by atoms with Gasteiger partial charge < -0.3 is 15.3 Å². The van der Waals surface area contributed by atoms with Gasteiger partial charge >= 0.3 is 12.0 Å². The molecule has 2 amide bonds. The third-order valence-corrected chi connectivity index (χ3v) is 2.20. The Balaban J connectivity index is 4.60. The third-order valence-electron chi connectivity index (χ3n) is 2.20. The average molecular weight is 240 g/mol. The first-order chi connectivity index (χ1) is 7.93. The van der Waals surface area contributed by atoms with Gasteiger partial charge in [-0.05, 0) is 5.92 Å². The van der Waals surface area contributed by atoms with Crippen molar-refractivity contribution in [1.82, 2.24) is 10.2 Å². The summed E-state index contributed by atoms with van der Waals surface area (Å²) < 4.78 is 0. The molecule has 0 saturated heterocycles. The van der Waals surface area contributed by atoms with E-state index in [1.54, 1.807) is 26.0 Å². The summed E-state index contributed by atoms with van der Waals surface area (Å²) in [5, 5.41) is 11.4. The standard InChI is InChI=1S/C12H20N2O3/c1-5-7-14(8-6-2)12(17)13-10(9(3)4)11(15)16/h5-6,9-10H,1-2,7-8H2,3-4H3,(H,13,17)(H,15,16)/t10-/m0/s1. The Morgan fingerprint density at radius 2 is 1.76 bits per heavy atom. The van der Waals surface area contributed by atoms with E-state index in [1.165, 1.54) is 4.90 Å². The minimum Gasteiger partial charge on any atom is -0.480 e. The first-order valence-electron chi connectivity index (χ1n) is 5.44. The summed E-state index contributed by atoms with van der Waals surface area (Å²) >= 11 is 0. The molecule has 96 valence electrons. The Morgan fingerprint density at radius 3 is 2.06 bits per heavy atom. The monoisotopic (exact) mass is 240 g/mol. The molecular formula is C12H20N2O3. The van der Waals surface area contributed by atoms with Crippen LogP contribution in [-0.2, 0) is 4.79 Å². The highest BCUT2D eigenvalue weighted by Crippen LogP contribution is 2.03. The summed E-state index contributed by atoms with van der Waals surface area (Å²) in [6.45, 7) is 11.3. The van der Waals surface area contributed by atoms with Gasteiger partial charge in [0.1, 0.15) is 6.04 Å². The van der Waals surface area contributed by atoms with Crippen LogP contribution in [0.4, 0.5) is 4.79 Å². The molecule has 0 fully saturated rings. The van der Waals surface area contributed by atoms with E-state index in [0.717, 1.165) is 0 Å². The van der Waals surface area contributed by atoms with Crippen LogP contribution >= 0.6 is 0 Å². The Morgan fingerprint density at radius 1 is 1.29 bits per heavy atom. The third kappa shape index (κ3) is 5.19. The number of nitrogens with one attached hydrogen (secondary N) is 1. The molecular weight excluding hydrogens is 220 g/mol. The molecule has 0 heterocycles. The summed E-state index contributed by atoms with van der Waals surface area (Å²) in [6, 6.07) is -1.31.